The minimum atomic E-state index is -0.152. The van der Waals surface area contributed by atoms with Crippen molar-refractivity contribution in [3.05, 3.63) is 42.2 Å². The maximum absolute atomic E-state index is 11.9. The molecule has 20 heavy (non-hydrogen) atoms. The normalized spacial score (nSPS) is 11.8. The van der Waals surface area contributed by atoms with Crippen molar-refractivity contribution >= 4 is 35.3 Å². The van der Waals surface area contributed by atoms with E-state index in [1.54, 1.807) is 23.0 Å². The van der Waals surface area contributed by atoms with E-state index < -0.39 is 0 Å². The Morgan fingerprint density at radius 2 is 2.25 bits per heavy atom. The van der Waals surface area contributed by atoms with Crippen LogP contribution in [0.1, 0.15) is 10.4 Å². The van der Waals surface area contributed by atoms with Crippen molar-refractivity contribution in [1.29, 1.82) is 0 Å². The first-order valence-corrected chi connectivity index (χ1v) is 7.21. The van der Waals surface area contributed by atoms with Gasteiger partial charge in [-0.2, -0.15) is 0 Å². The number of carbonyl (C=O) groups is 1. The average Bonchev–Trinajstić information content (AvgIpc) is 2.89. The van der Waals surface area contributed by atoms with Crippen LogP contribution in [0.25, 0.3) is 0 Å². The maximum Gasteiger partial charge on any atom is 0.251 e. The standard InChI is InChI=1S/C13H13N4OS2/c1-17-9-15-16-13(17)20-11(8-19)7-14-12(18)10-5-3-2-4-6-10/h2-6,9,11H,7H2,1H3,(H,14,18). The van der Waals surface area contributed by atoms with Gasteiger partial charge in [-0.3, -0.25) is 4.79 Å². The predicted molar refractivity (Wildman–Crippen MR) is 82.0 cm³/mol. The van der Waals surface area contributed by atoms with E-state index in [-0.39, 0.29) is 11.2 Å². The highest BCUT2D eigenvalue weighted by Gasteiger charge is 2.13. The number of carbonyl (C=O) groups excluding carboxylic acids is 1. The summed E-state index contributed by atoms with van der Waals surface area (Å²) in [7, 11) is 1.85. The Morgan fingerprint density at radius 3 is 2.85 bits per heavy atom. The van der Waals surface area contributed by atoms with Crippen LogP contribution < -0.4 is 5.32 Å². The van der Waals surface area contributed by atoms with Gasteiger partial charge in [0.25, 0.3) is 5.91 Å². The highest BCUT2D eigenvalue weighted by atomic mass is 32.2. The highest BCUT2D eigenvalue weighted by molar-refractivity contribution is 8.01. The minimum Gasteiger partial charge on any atom is -0.351 e. The van der Waals surface area contributed by atoms with Crippen molar-refractivity contribution in [2.45, 2.75) is 10.4 Å². The molecule has 0 aliphatic heterocycles. The molecule has 1 aromatic heterocycles. The van der Waals surface area contributed by atoms with Crippen LogP contribution in [0.4, 0.5) is 0 Å². The van der Waals surface area contributed by atoms with Crippen molar-refractivity contribution in [2.24, 2.45) is 7.05 Å². The van der Waals surface area contributed by atoms with Gasteiger partial charge in [0.15, 0.2) is 5.16 Å². The van der Waals surface area contributed by atoms with Gasteiger partial charge in [0.1, 0.15) is 6.33 Å². The maximum atomic E-state index is 11.9. The Bertz CT molecular complexity index is 585. The van der Waals surface area contributed by atoms with E-state index in [9.17, 15) is 4.79 Å². The zero-order chi connectivity index (χ0) is 14.4. The molecular weight excluding hydrogens is 292 g/mol. The molecule has 1 atom stereocenters. The first-order chi connectivity index (χ1) is 9.70. The van der Waals surface area contributed by atoms with Gasteiger partial charge in [-0.1, -0.05) is 42.2 Å². The van der Waals surface area contributed by atoms with Crippen LogP contribution in [0.3, 0.4) is 0 Å². The number of aryl methyl sites for hydroxylation is 1. The number of nitrogens with zero attached hydrogens (tertiary/aromatic N) is 3. The lowest BCUT2D eigenvalue weighted by Gasteiger charge is -2.11. The lowest BCUT2D eigenvalue weighted by Crippen LogP contribution is -2.31. The molecule has 103 valence electrons. The zero-order valence-electron chi connectivity index (χ0n) is 10.8. The molecule has 0 fully saturated rings. The summed E-state index contributed by atoms with van der Waals surface area (Å²) in [4.78, 5) is 11.9. The number of benzene rings is 1. The molecule has 7 heteroatoms. The fraction of sp³-hybridized carbons (Fsp3) is 0.231. The summed E-state index contributed by atoms with van der Waals surface area (Å²) in [6.07, 6.45) is 1.62. The van der Waals surface area contributed by atoms with E-state index in [0.29, 0.717) is 12.1 Å². The van der Waals surface area contributed by atoms with Gasteiger partial charge < -0.3 is 9.88 Å². The second kappa shape index (κ2) is 7.16. The van der Waals surface area contributed by atoms with Gasteiger partial charge in [0.2, 0.25) is 0 Å². The molecule has 0 aliphatic rings. The third kappa shape index (κ3) is 3.88. The minimum absolute atomic E-state index is 0.126. The predicted octanol–water partition coefficient (Wildman–Crippen LogP) is 1.58. The molecule has 1 radical (unpaired) electrons. The molecule has 0 aliphatic carbocycles. The highest BCUT2D eigenvalue weighted by Crippen LogP contribution is 2.18. The second-order valence-electron chi connectivity index (χ2n) is 4.02. The number of thioether (sulfide) groups is 1. The Morgan fingerprint density at radius 1 is 1.50 bits per heavy atom. The molecule has 0 spiro atoms. The number of thiocarbonyl (C=S) groups is 1. The number of rotatable bonds is 6. The Labute approximate surface area is 126 Å². The van der Waals surface area contributed by atoms with Crippen LogP contribution in [-0.2, 0) is 7.05 Å². The van der Waals surface area contributed by atoms with E-state index in [1.807, 2.05) is 25.2 Å². The van der Waals surface area contributed by atoms with Gasteiger partial charge in [-0.05, 0) is 12.1 Å². The molecule has 1 aromatic carbocycles. The van der Waals surface area contributed by atoms with Crippen molar-refractivity contribution in [3.63, 3.8) is 0 Å². The van der Waals surface area contributed by atoms with Crippen LogP contribution in [0.15, 0.2) is 41.8 Å². The summed E-state index contributed by atoms with van der Waals surface area (Å²) >= 11 is 6.30. The van der Waals surface area contributed by atoms with Gasteiger partial charge in [-0.25, -0.2) is 0 Å². The van der Waals surface area contributed by atoms with E-state index in [0.717, 1.165) is 5.16 Å². The molecular formula is C13H13N4OS2. The summed E-state index contributed by atoms with van der Waals surface area (Å²) < 4.78 is 1.79. The summed E-state index contributed by atoms with van der Waals surface area (Å²) in [5.74, 6) is -0.126. The van der Waals surface area contributed by atoms with E-state index >= 15 is 0 Å². The van der Waals surface area contributed by atoms with Crippen LogP contribution >= 0.6 is 24.0 Å². The summed E-state index contributed by atoms with van der Waals surface area (Å²) in [5, 5.41) is 13.9. The van der Waals surface area contributed by atoms with Gasteiger partial charge in [0.05, 0.1) is 5.25 Å². The zero-order valence-corrected chi connectivity index (χ0v) is 12.4. The molecule has 0 bridgehead atoms. The van der Waals surface area contributed by atoms with Gasteiger partial charge >= 0.3 is 0 Å². The smallest absolute Gasteiger partial charge is 0.251 e. The second-order valence-corrected chi connectivity index (χ2v) is 5.43. The lowest BCUT2D eigenvalue weighted by molar-refractivity contribution is 0.0955. The molecule has 2 rings (SSSR count). The quantitative estimate of drug-likeness (QED) is 0.648. The summed E-state index contributed by atoms with van der Waals surface area (Å²) in [6, 6.07) is 9.05. The van der Waals surface area contributed by atoms with Crippen molar-refractivity contribution in [2.75, 3.05) is 6.54 Å². The molecule has 0 saturated carbocycles. The number of nitrogens with one attached hydrogen (secondary N) is 1. The Kier molecular flexibility index (Phi) is 5.25. The third-order valence-electron chi connectivity index (χ3n) is 2.53. The van der Waals surface area contributed by atoms with Gasteiger partial charge in [0, 0.05) is 24.5 Å². The fourth-order valence-corrected chi connectivity index (χ4v) is 2.50. The largest absolute Gasteiger partial charge is 0.351 e. The van der Waals surface area contributed by atoms with Crippen LogP contribution in [0, 0.1) is 0 Å². The van der Waals surface area contributed by atoms with E-state index in [2.05, 4.69) is 20.9 Å². The molecule has 5 nitrogen and oxygen atoms in total. The SMILES string of the molecule is Cn1cnnc1SC([C]=S)CNC(=O)c1ccccc1. The van der Waals surface area contributed by atoms with E-state index in [4.69, 9.17) is 12.2 Å². The van der Waals surface area contributed by atoms with Crippen LogP contribution in [-0.4, -0.2) is 37.8 Å². The van der Waals surface area contributed by atoms with Crippen LogP contribution in [0.5, 0.6) is 0 Å². The first kappa shape index (κ1) is 14.7. The molecule has 2 aromatic rings. The van der Waals surface area contributed by atoms with E-state index in [1.165, 1.54) is 11.8 Å². The molecule has 1 heterocycles. The lowest BCUT2D eigenvalue weighted by atomic mass is 10.2. The number of hydrogen-bond donors (Lipinski definition) is 1. The molecule has 1 unspecified atom stereocenters. The van der Waals surface area contributed by atoms with Crippen molar-refractivity contribution in [1.82, 2.24) is 20.1 Å². The Balaban J connectivity index is 1.90. The number of aromatic nitrogens is 3. The van der Waals surface area contributed by atoms with Crippen LogP contribution in [0.2, 0.25) is 0 Å². The topological polar surface area (TPSA) is 59.8 Å². The molecule has 1 N–H and O–H groups in total. The average molecular weight is 305 g/mol. The Hall–Kier alpha value is -1.73. The van der Waals surface area contributed by atoms with Crippen molar-refractivity contribution in [3.8, 4) is 0 Å². The molecule has 1 amide bonds. The first-order valence-electron chi connectivity index (χ1n) is 5.92. The van der Waals surface area contributed by atoms with Crippen molar-refractivity contribution < 1.29 is 4.79 Å². The number of amides is 1. The van der Waals surface area contributed by atoms with Gasteiger partial charge in [-0.15, -0.1) is 10.2 Å². The molecule has 0 saturated heterocycles. The fourth-order valence-electron chi connectivity index (χ4n) is 1.49. The monoisotopic (exact) mass is 305 g/mol. The summed E-state index contributed by atoms with van der Waals surface area (Å²) in [5.41, 5.74) is 0.624. The summed E-state index contributed by atoms with van der Waals surface area (Å²) in [6.45, 7) is 0.398. The number of hydrogen-bond acceptors (Lipinski definition) is 5. The third-order valence-corrected chi connectivity index (χ3v) is 4.12.